The molecule has 0 saturated heterocycles. The monoisotopic (exact) mass is 639 g/mol. The second-order valence-electron chi connectivity index (χ2n) is 11.8. The van der Waals surface area contributed by atoms with Gasteiger partial charge in [-0.15, -0.1) is 0 Å². The summed E-state index contributed by atoms with van der Waals surface area (Å²) < 4.78 is 10.4. The minimum atomic E-state index is -1.85. The fourth-order valence-electron chi connectivity index (χ4n) is 5.38. The fourth-order valence-corrected chi connectivity index (χ4v) is 5.38. The molecule has 0 aliphatic carbocycles. The molecule has 4 rings (SSSR count). The summed E-state index contributed by atoms with van der Waals surface area (Å²) in [4.78, 5) is 40.7. The summed E-state index contributed by atoms with van der Waals surface area (Å²) in [6.45, 7) is 3.55. The highest BCUT2D eigenvalue weighted by Crippen LogP contribution is 2.20. The molecule has 0 aromatic heterocycles. The van der Waals surface area contributed by atoms with Crippen LogP contribution in [0.1, 0.15) is 30.5 Å². The molecule has 47 heavy (non-hydrogen) atoms. The van der Waals surface area contributed by atoms with Crippen molar-refractivity contribution in [2.45, 2.75) is 51.1 Å². The largest absolute Gasteiger partial charge is 0.497 e. The number of hydrogen-bond donors (Lipinski definition) is 5. The molecule has 11 heteroatoms. The summed E-state index contributed by atoms with van der Waals surface area (Å²) in [6, 6.07) is 25.7. The van der Waals surface area contributed by atoms with E-state index >= 15 is 0 Å². The summed E-state index contributed by atoms with van der Waals surface area (Å²) in [5.41, 5.74) is 2.36. The Morgan fingerprint density at radius 3 is 1.85 bits per heavy atom. The van der Waals surface area contributed by atoms with E-state index < -0.39 is 37.0 Å². The maximum absolute atomic E-state index is 13.8. The van der Waals surface area contributed by atoms with E-state index in [1.165, 1.54) is 0 Å². The van der Waals surface area contributed by atoms with Gasteiger partial charge in [0.05, 0.1) is 26.6 Å². The lowest BCUT2D eigenvalue weighted by molar-refractivity contribution is -0.132. The van der Waals surface area contributed by atoms with Gasteiger partial charge in [-0.25, -0.2) is 0 Å². The van der Waals surface area contributed by atoms with Crippen molar-refractivity contribution in [1.29, 1.82) is 0 Å². The van der Waals surface area contributed by atoms with Crippen LogP contribution in [0.15, 0.2) is 91.0 Å². The average Bonchev–Trinajstić information content (AvgIpc) is 3.07. The van der Waals surface area contributed by atoms with Crippen molar-refractivity contribution in [3.8, 4) is 11.5 Å². The lowest BCUT2D eigenvalue weighted by Crippen LogP contribution is -2.59. The summed E-state index contributed by atoms with van der Waals surface area (Å²) in [5, 5.41) is 30.5. The van der Waals surface area contributed by atoms with Gasteiger partial charge in [-0.05, 0) is 64.1 Å². The van der Waals surface area contributed by atoms with E-state index in [0.29, 0.717) is 11.5 Å². The van der Waals surface area contributed by atoms with Crippen LogP contribution in [-0.4, -0.2) is 67.1 Å². The lowest BCUT2D eigenvalue weighted by Gasteiger charge is -2.27. The molecule has 10 nitrogen and oxygen atoms in total. The van der Waals surface area contributed by atoms with Crippen LogP contribution in [0.3, 0.4) is 0 Å². The third-order valence-corrected chi connectivity index (χ3v) is 8.03. The number of hydrogen-bond acceptors (Lipinski definition) is 7. The van der Waals surface area contributed by atoms with Crippen molar-refractivity contribution in [3.05, 3.63) is 108 Å². The average molecular weight is 640 g/mol. The van der Waals surface area contributed by atoms with E-state index in [0.717, 1.165) is 27.5 Å². The third kappa shape index (κ3) is 9.81. The molecule has 0 aliphatic rings. The third-order valence-electron chi connectivity index (χ3n) is 8.03. The van der Waals surface area contributed by atoms with Gasteiger partial charge in [-0.3, -0.25) is 14.4 Å². The van der Waals surface area contributed by atoms with E-state index in [1.54, 1.807) is 64.5 Å². The number of benzene rings is 4. The van der Waals surface area contributed by atoms with Gasteiger partial charge >= 0.3 is 7.12 Å². The molecular weight excluding hydrogens is 597 g/mol. The first-order valence-electron chi connectivity index (χ1n) is 15.6. The van der Waals surface area contributed by atoms with Crippen LogP contribution < -0.4 is 25.4 Å². The highest BCUT2D eigenvalue weighted by molar-refractivity contribution is 6.43. The molecule has 0 fully saturated rings. The summed E-state index contributed by atoms with van der Waals surface area (Å²) >= 11 is 0. The Labute approximate surface area is 275 Å². The molecule has 0 saturated carbocycles. The molecule has 5 N–H and O–H groups in total. The van der Waals surface area contributed by atoms with Gasteiger partial charge in [0.25, 0.3) is 0 Å². The first kappa shape index (κ1) is 35.0. The number of nitrogens with one attached hydrogen (secondary N) is 3. The minimum Gasteiger partial charge on any atom is -0.497 e. The molecule has 0 radical (unpaired) electrons. The van der Waals surface area contributed by atoms with Crippen LogP contribution in [-0.2, 0) is 33.6 Å². The maximum Gasteiger partial charge on any atom is 0.475 e. The van der Waals surface area contributed by atoms with Crippen molar-refractivity contribution in [1.82, 2.24) is 16.0 Å². The first-order chi connectivity index (χ1) is 22.6. The number of carbonyl (C=O) groups excluding carboxylic acids is 3. The topological polar surface area (TPSA) is 146 Å². The number of ether oxygens (including phenoxy) is 2. The SMILES string of the molecule is COc1ccc(C[C@H](NC(=O)[C@@H](NC(=O)[C@H](Cc2ccc(OC)cc2)NC(=O)Cc2cccc3ccccc23)C(C)C)B(O)O)cc1. The quantitative estimate of drug-likeness (QED) is 0.126. The van der Waals surface area contributed by atoms with Crippen LogP contribution in [0.25, 0.3) is 10.8 Å². The smallest absolute Gasteiger partial charge is 0.475 e. The normalized spacial score (nSPS) is 12.9. The predicted octanol–water partition coefficient (Wildman–Crippen LogP) is 3.01. The van der Waals surface area contributed by atoms with E-state index in [1.807, 2.05) is 54.6 Å². The molecule has 3 amide bonds. The Morgan fingerprint density at radius 2 is 1.28 bits per heavy atom. The Bertz CT molecular complexity index is 1640. The van der Waals surface area contributed by atoms with Crippen molar-refractivity contribution in [2.24, 2.45) is 5.92 Å². The Balaban J connectivity index is 1.51. The van der Waals surface area contributed by atoms with Crippen molar-refractivity contribution >= 4 is 35.6 Å². The molecular formula is C36H42BN3O7. The van der Waals surface area contributed by atoms with Gasteiger partial charge in [-0.2, -0.15) is 0 Å². The fraction of sp³-hybridized carbons (Fsp3) is 0.306. The zero-order valence-corrected chi connectivity index (χ0v) is 27.1. The number of methoxy groups -OCH3 is 2. The Hall–Kier alpha value is -4.87. The Kier molecular flexibility index (Phi) is 12.4. The summed E-state index contributed by atoms with van der Waals surface area (Å²) in [5.74, 6) is -1.56. The van der Waals surface area contributed by atoms with Crippen molar-refractivity contribution < 1.29 is 33.9 Å². The Morgan fingerprint density at radius 1 is 0.702 bits per heavy atom. The zero-order valence-electron chi connectivity index (χ0n) is 27.1. The van der Waals surface area contributed by atoms with Gasteiger partial charge in [0.1, 0.15) is 23.6 Å². The molecule has 246 valence electrons. The maximum atomic E-state index is 13.8. The first-order valence-corrected chi connectivity index (χ1v) is 15.6. The second-order valence-corrected chi connectivity index (χ2v) is 11.8. The lowest BCUT2D eigenvalue weighted by atomic mass is 9.75. The van der Waals surface area contributed by atoms with E-state index in [2.05, 4.69) is 16.0 Å². The van der Waals surface area contributed by atoms with Crippen molar-refractivity contribution in [2.75, 3.05) is 14.2 Å². The molecule has 3 atom stereocenters. The molecule has 4 aromatic rings. The second kappa shape index (κ2) is 16.6. The van der Waals surface area contributed by atoms with Crippen LogP contribution in [0.4, 0.5) is 0 Å². The van der Waals surface area contributed by atoms with E-state index in [-0.39, 0.29) is 31.1 Å². The van der Waals surface area contributed by atoms with Gasteiger partial charge in [0.2, 0.25) is 17.7 Å². The van der Waals surface area contributed by atoms with Gasteiger partial charge in [-0.1, -0.05) is 80.6 Å². The predicted molar refractivity (Wildman–Crippen MR) is 182 cm³/mol. The number of rotatable bonds is 15. The van der Waals surface area contributed by atoms with Crippen LogP contribution >= 0.6 is 0 Å². The summed E-state index contributed by atoms with van der Waals surface area (Å²) in [7, 11) is 1.27. The van der Waals surface area contributed by atoms with Crippen molar-refractivity contribution in [3.63, 3.8) is 0 Å². The van der Waals surface area contributed by atoms with Gasteiger partial charge in [0, 0.05) is 6.42 Å². The molecule has 0 bridgehead atoms. The van der Waals surface area contributed by atoms with Gasteiger partial charge in [0.15, 0.2) is 0 Å². The zero-order chi connectivity index (χ0) is 33.9. The van der Waals surface area contributed by atoms with E-state index in [9.17, 15) is 24.4 Å². The molecule has 0 unspecified atom stereocenters. The highest BCUT2D eigenvalue weighted by Gasteiger charge is 2.33. The molecule has 0 heterocycles. The van der Waals surface area contributed by atoms with Crippen LogP contribution in [0.5, 0.6) is 11.5 Å². The number of carbonyl (C=O) groups is 3. The molecule has 0 aliphatic heterocycles. The van der Waals surface area contributed by atoms with Gasteiger partial charge < -0.3 is 35.5 Å². The summed E-state index contributed by atoms with van der Waals surface area (Å²) in [6.07, 6.45) is 0.360. The van der Waals surface area contributed by atoms with Crippen LogP contribution in [0.2, 0.25) is 0 Å². The van der Waals surface area contributed by atoms with Crippen LogP contribution in [0, 0.1) is 5.92 Å². The standard InChI is InChI=1S/C36H42BN3O7/c1-23(2)34(36(43)39-32(37(44)45)21-25-14-18-29(47-4)19-15-25)40-35(42)31(20-24-12-16-28(46-3)17-13-24)38-33(41)22-27-10-7-9-26-8-5-6-11-30(26)27/h5-19,23,31-32,34,44-45H,20-22H2,1-4H3,(H,38,41)(H,39,43)(H,40,42)/t31-,32-,34-/m0/s1. The van der Waals surface area contributed by atoms with E-state index in [4.69, 9.17) is 9.47 Å². The number of fused-ring (bicyclic) bond motifs is 1. The molecule has 4 aromatic carbocycles. The molecule has 0 spiro atoms. The minimum absolute atomic E-state index is 0.0588. The highest BCUT2D eigenvalue weighted by atomic mass is 16.5. The number of amides is 3.